The smallest absolute Gasteiger partial charge is 0.338 e. The molecule has 1 atom stereocenters. The van der Waals surface area contributed by atoms with Crippen molar-refractivity contribution in [3.8, 4) is 17.6 Å². The van der Waals surface area contributed by atoms with Gasteiger partial charge < -0.3 is 14.2 Å². The molecule has 2 heterocycles. The van der Waals surface area contributed by atoms with Crippen molar-refractivity contribution in [1.82, 2.24) is 4.57 Å². The summed E-state index contributed by atoms with van der Waals surface area (Å²) in [7, 11) is 0. The Morgan fingerprint density at radius 3 is 2.59 bits per heavy atom. The van der Waals surface area contributed by atoms with E-state index in [0.717, 1.165) is 15.6 Å². The number of aromatic nitrogens is 1. The second-order valence-electron chi connectivity index (χ2n) is 10.3. The summed E-state index contributed by atoms with van der Waals surface area (Å²) in [5.74, 6) is 0.720. The van der Waals surface area contributed by atoms with Crippen molar-refractivity contribution in [2.75, 3.05) is 6.61 Å². The Morgan fingerprint density at radius 1 is 1.14 bits per heavy atom. The summed E-state index contributed by atoms with van der Waals surface area (Å²) in [6, 6.07) is 21.6. The van der Waals surface area contributed by atoms with E-state index in [4.69, 9.17) is 14.2 Å². The van der Waals surface area contributed by atoms with Gasteiger partial charge in [0.15, 0.2) is 4.80 Å². The van der Waals surface area contributed by atoms with Crippen LogP contribution in [-0.4, -0.2) is 23.2 Å². The van der Waals surface area contributed by atoms with Crippen molar-refractivity contribution in [2.45, 2.75) is 46.4 Å². The third kappa shape index (κ3) is 6.54. The molecular formula is C34H30BrN3O5S. The third-order valence-corrected chi connectivity index (χ3v) is 8.35. The summed E-state index contributed by atoms with van der Waals surface area (Å²) in [6.07, 6.45) is 1.42. The molecule has 8 nitrogen and oxygen atoms in total. The molecule has 0 N–H and O–H groups in total. The van der Waals surface area contributed by atoms with Crippen LogP contribution in [-0.2, 0) is 16.1 Å². The maximum absolute atomic E-state index is 14.1. The molecule has 44 heavy (non-hydrogen) atoms. The third-order valence-electron chi connectivity index (χ3n) is 6.87. The Labute approximate surface area is 267 Å². The Kier molecular flexibility index (Phi) is 9.47. The van der Waals surface area contributed by atoms with Crippen LogP contribution in [0.5, 0.6) is 11.5 Å². The molecule has 10 heteroatoms. The van der Waals surface area contributed by atoms with Gasteiger partial charge in [0.05, 0.1) is 46.2 Å². The highest BCUT2D eigenvalue weighted by Crippen LogP contribution is 2.32. The van der Waals surface area contributed by atoms with Gasteiger partial charge in [0.2, 0.25) is 0 Å². The van der Waals surface area contributed by atoms with E-state index < -0.39 is 12.0 Å². The standard InChI is InChI=1S/C34H30BrN3O5S/c1-5-41-27-13-10-22(11-14-27)31-30(33(40)43-20(2)3)21(4)37-34-38(31)32(39)29(44-34)17-25-16-26(35)12-15-28(25)42-19-24-9-7-6-8-23(24)18-36/h6-17,20,31H,5,19H2,1-4H3/b29-17+/t31-/m1/s1. The highest BCUT2D eigenvalue weighted by molar-refractivity contribution is 9.10. The zero-order valence-electron chi connectivity index (χ0n) is 24.7. The topological polar surface area (TPSA) is 103 Å². The van der Waals surface area contributed by atoms with Crippen LogP contribution in [0.3, 0.4) is 0 Å². The average molecular weight is 673 g/mol. The molecule has 0 saturated carbocycles. The van der Waals surface area contributed by atoms with E-state index >= 15 is 0 Å². The molecule has 0 bridgehead atoms. The number of carbonyl (C=O) groups is 1. The molecular weight excluding hydrogens is 642 g/mol. The highest BCUT2D eigenvalue weighted by Gasteiger charge is 2.33. The van der Waals surface area contributed by atoms with Crippen LogP contribution in [0.4, 0.5) is 0 Å². The fraction of sp³-hybridized carbons (Fsp3) is 0.235. The molecule has 0 fully saturated rings. The summed E-state index contributed by atoms with van der Waals surface area (Å²) in [5.41, 5.74) is 3.21. The number of rotatable bonds is 9. The number of hydrogen-bond donors (Lipinski definition) is 0. The monoisotopic (exact) mass is 671 g/mol. The Morgan fingerprint density at radius 2 is 1.89 bits per heavy atom. The number of nitrogens with zero attached hydrogens (tertiary/aromatic N) is 3. The molecule has 0 radical (unpaired) electrons. The lowest BCUT2D eigenvalue weighted by Gasteiger charge is -2.25. The SMILES string of the molecule is CCOc1ccc([C@@H]2C(C(=O)OC(C)C)=C(C)N=c3s/c(=C/c4cc(Br)ccc4OCc4ccccc4C#N)c(=O)n32)cc1. The molecule has 0 aliphatic carbocycles. The van der Waals surface area contributed by atoms with Crippen molar-refractivity contribution in [1.29, 1.82) is 5.26 Å². The number of thiazole rings is 1. The zero-order chi connectivity index (χ0) is 31.4. The van der Waals surface area contributed by atoms with Gasteiger partial charge in [0, 0.05) is 15.6 Å². The number of ether oxygens (including phenoxy) is 3. The van der Waals surface area contributed by atoms with Gasteiger partial charge in [-0.3, -0.25) is 9.36 Å². The minimum Gasteiger partial charge on any atom is -0.494 e. The maximum Gasteiger partial charge on any atom is 0.338 e. The first-order valence-electron chi connectivity index (χ1n) is 14.1. The molecule has 1 aromatic heterocycles. The van der Waals surface area contributed by atoms with E-state index in [1.54, 1.807) is 37.5 Å². The lowest BCUT2D eigenvalue weighted by molar-refractivity contribution is -0.143. The van der Waals surface area contributed by atoms with Gasteiger partial charge >= 0.3 is 5.97 Å². The Hall–Kier alpha value is -4.46. The zero-order valence-corrected chi connectivity index (χ0v) is 27.1. The first-order chi connectivity index (χ1) is 21.2. The molecule has 0 amide bonds. The number of halogens is 1. The summed E-state index contributed by atoms with van der Waals surface area (Å²) in [5, 5.41) is 9.47. The van der Waals surface area contributed by atoms with Crippen LogP contribution in [0.2, 0.25) is 0 Å². The molecule has 0 saturated heterocycles. The fourth-order valence-electron chi connectivity index (χ4n) is 4.90. The molecule has 1 aliphatic rings. The second kappa shape index (κ2) is 13.5. The van der Waals surface area contributed by atoms with Gasteiger partial charge in [-0.1, -0.05) is 57.6 Å². The molecule has 4 aromatic rings. The van der Waals surface area contributed by atoms with Gasteiger partial charge in [-0.25, -0.2) is 9.79 Å². The van der Waals surface area contributed by atoms with Crippen molar-refractivity contribution in [3.63, 3.8) is 0 Å². The second-order valence-corrected chi connectivity index (χ2v) is 12.2. The van der Waals surface area contributed by atoms with Crippen molar-refractivity contribution < 1.29 is 19.0 Å². The number of allylic oxidation sites excluding steroid dienone is 1. The van der Waals surface area contributed by atoms with E-state index in [9.17, 15) is 14.9 Å². The molecule has 0 spiro atoms. The van der Waals surface area contributed by atoms with E-state index in [-0.39, 0.29) is 18.3 Å². The van der Waals surface area contributed by atoms with Crippen LogP contribution in [0.1, 0.15) is 56.0 Å². The lowest BCUT2D eigenvalue weighted by atomic mass is 9.96. The van der Waals surface area contributed by atoms with Gasteiger partial charge in [-0.05, 0) is 75.7 Å². The normalized spacial score (nSPS) is 14.6. The largest absolute Gasteiger partial charge is 0.494 e. The minimum atomic E-state index is -0.740. The van der Waals surface area contributed by atoms with E-state index in [1.807, 2.05) is 67.6 Å². The fourth-order valence-corrected chi connectivity index (χ4v) is 6.32. The number of esters is 1. The van der Waals surface area contributed by atoms with Gasteiger partial charge in [0.1, 0.15) is 18.1 Å². The minimum absolute atomic E-state index is 0.186. The predicted molar refractivity (Wildman–Crippen MR) is 172 cm³/mol. The first-order valence-corrected chi connectivity index (χ1v) is 15.7. The maximum atomic E-state index is 14.1. The Balaban J connectivity index is 1.61. The van der Waals surface area contributed by atoms with Crippen LogP contribution in [0.25, 0.3) is 6.08 Å². The van der Waals surface area contributed by atoms with Crippen LogP contribution >= 0.6 is 27.3 Å². The quantitative estimate of drug-likeness (QED) is 0.209. The van der Waals surface area contributed by atoms with Crippen LogP contribution in [0.15, 0.2) is 92.3 Å². The predicted octanol–water partition coefficient (Wildman–Crippen LogP) is 5.80. The summed E-state index contributed by atoms with van der Waals surface area (Å²) < 4.78 is 20.1. The van der Waals surface area contributed by atoms with Crippen molar-refractivity contribution in [3.05, 3.63) is 124 Å². The van der Waals surface area contributed by atoms with Gasteiger partial charge in [-0.2, -0.15) is 5.26 Å². The molecule has 3 aromatic carbocycles. The molecule has 0 unspecified atom stereocenters. The number of carbonyl (C=O) groups excluding carboxylic acids is 1. The summed E-state index contributed by atoms with van der Waals surface area (Å²) in [4.78, 5) is 32.7. The summed E-state index contributed by atoms with van der Waals surface area (Å²) in [6.45, 7) is 7.94. The average Bonchev–Trinajstić information content (AvgIpc) is 3.30. The molecule has 5 rings (SSSR count). The van der Waals surface area contributed by atoms with E-state index in [2.05, 4.69) is 27.0 Å². The Bertz CT molecular complexity index is 1970. The van der Waals surface area contributed by atoms with Crippen molar-refractivity contribution >= 4 is 39.3 Å². The summed E-state index contributed by atoms with van der Waals surface area (Å²) >= 11 is 4.76. The molecule has 1 aliphatic heterocycles. The number of hydrogen-bond acceptors (Lipinski definition) is 8. The lowest BCUT2D eigenvalue weighted by Crippen LogP contribution is -2.40. The highest BCUT2D eigenvalue weighted by atomic mass is 79.9. The van der Waals surface area contributed by atoms with Gasteiger partial charge in [0.25, 0.3) is 5.56 Å². The van der Waals surface area contributed by atoms with E-state index in [1.165, 1.54) is 11.3 Å². The number of fused-ring (bicyclic) bond motifs is 1. The van der Waals surface area contributed by atoms with Crippen LogP contribution in [0, 0.1) is 11.3 Å². The molecule has 224 valence electrons. The van der Waals surface area contributed by atoms with E-state index in [0.29, 0.717) is 49.8 Å². The van der Waals surface area contributed by atoms with Crippen LogP contribution < -0.4 is 24.4 Å². The van der Waals surface area contributed by atoms with Gasteiger partial charge in [-0.15, -0.1) is 0 Å². The number of benzene rings is 3. The van der Waals surface area contributed by atoms with Crippen molar-refractivity contribution in [2.24, 2.45) is 4.99 Å². The number of nitriles is 1. The first kappa shape index (κ1) is 31.0.